The van der Waals surface area contributed by atoms with Crippen molar-refractivity contribution in [2.24, 2.45) is 5.92 Å². The van der Waals surface area contributed by atoms with E-state index in [9.17, 15) is 0 Å². The van der Waals surface area contributed by atoms with Crippen LogP contribution < -0.4 is 0 Å². The molecule has 0 saturated heterocycles. The highest BCUT2D eigenvalue weighted by atomic mass is 15.1. The Hall–Kier alpha value is -0.0400. The molecular weight excluding hydrogens is 146 g/mol. The molecule has 0 unspecified atom stereocenters. The lowest BCUT2D eigenvalue weighted by Gasteiger charge is -2.16. The van der Waals surface area contributed by atoms with E-state index in [-0.39, 0.29) is 0 Å². The fraction of sp³-hybridized carbons (Fsp3) is 1.00. The van der Waals surface area contributed by atoms with Gasteiger partial charge in [0.25, 0.3) is 0 Å². The zero-order valence-corrected chi connectivity index (χ0v) is 9.43. The normalized spacial score (nSPS) is 16.2. The predicted octanol–water partition coefficient (Wildman–Crippen LogP) is 3.15. The van der Waals surface area contributed by atoms with Crippen molar-refractivity contribution in [3.05, 3.63) is 0 Å². The fourth-order valence-corrected chi connectivity index (χ4v) is 1.16. The van der Waals surface area contributed by atoms with Gasteiger partial charge in [-0.3, -0.25) is 0 Å². The van der Waals surface area contributed by atoms with Gasteiger partial charge < -0.3 is 4.90 Å². The van der Waals surface area contributed by atoms with E-state index in [1.165, 1.54) is 25.8 Å². The summed E-state index contributed by atoms with van der Waals surface area (Å²) in [4.78, 5) is 2.50. The number of rotatable bonds is 4. The van der Waals surface area contributed by atoms with Gasteiger partial charge in [-0.25, -0.2) is 0 Å². The largest absolute Gasteiger partial charge is 0.303 e. The van der Waals surface area contributed by atoms with Gasteiger partial charge in [-0.1, -0.05) is 27.7 Å². The minimum atomic E-state index is 0.862. The Morgan fingerprint density at radius 3 is 2.08 bits per heavy atom. The smallest absolute Gasteiger partial charge is 0.00933 e. The Kier molecular flexibility index (Phi) is 6.45. The molecule has 0 aromatic heterocycles. The van der Waals surface area contributed by atoms with Crippen molar-refractivity contribution >= 4 is 0 Å². The van der Waals surface area contributed by atoms with Crippen LogP contribution in [0.1, 0.15) is 47.0 Å². The summed E-state index contributed by atoms with van der Waals surface area (Å²) in [7, 11) is 2.25. The van der Waals surface area contributed by atoms with E-state index < -0.39 is 0 Å². The lowest BCUT2D eigenvalue weighted by atomic mass is 10.1. The topological polar surface area (TPSA) is 3.24 Å². The lowest BCUT2D eigenvalue weighted by Crippen LogP contribution is -2.22. The molecule has 0 heterocycles. The second kappa shape index (κ2) is 6.47. The van der Waals surface area contributed by atoms with Gasteiger partial charge in [0, 0.05) is 6.04 Å². The molecule has 0 N–H and O–H groups in total. The molecule has 0 aromatic rings. The fourth-order valence-electron chi connectivity index (χ4n) is 1.16. The molecule has 0 aliphatic heterocycles. The van der Waals surface area contributed by atoms with Gasteiger partial charge in [-0.15, -0.1) is 0 Å². The van der Waals surface area contributed by atoms with Crippen LogP contribution in [0.2, 0.25) is 0 Å². The highest BCUT2D eigenvalue weighted by Gasteiger charge is 2.25. The van der Waals surface area contributed by atoms with E-state index in [0.717, 1.165) is 12.0 Å². The second-order valence-corrected chi connectivity index (χ2v) is 3.89. The van der Waals surface area contributed by atoms with Gasteiger partial charge >= 0.3 is 0 Å². The van der Waals surface area contributed by atoms with Crippen LogP contribution in [0.5, 0.6) is 0 Å². The van der Waals surface area contributed by atoms with Crippen molar-refractivity contribution < 1.29 is 0 Å². The SMILES string of the molecule is CC.CC(C)CCN(C)C1CC1. The summed E-state index contributed by atoms with van der Waals surface area (Å²) in [6.45, 7) is 9.88. The van der Waals surface area contributed by atoms with Gasteiger partial charge in [-0.2, -0.15) is 0 Å². The van der Waals surface area contributed by atoms with Crippen molar-refractivity contribution in [3.63, 3.8) is 0 Å². The maximum Gasteiger partial charge on any atom is 0.00933 e. The van der Waals surface area contributed by atoms with E-state index in [1.807, 2.05) is 13.8 Å². The molecule has 0 spiro atoms. The van der Waals surface area contributed by atoms with E-state index in [1.54, 1.807) is 0 Å². The molecule has 1 aliphatic rings. The van der Waals surface area contributed by atoms with Crippen LogP contribution in [0.3, 0.4) is 0 Å². The van der Waals surface area contributed by atoms with E-state index >= 15 is 0 Å². The molecule has 74 valence electrons. The van der Waals surface area contributed by atoms with Crippen molar-refractivity contribution in [2.75, 3.05) is 13.6 Å². The molecule has 1 saturated carbocycles. The molecular formula is C11H25N. The maximum absolute atomic E-state index is 2.50. The number of nitrogens with zero attached hydrogens (tertiary/aromatic N) is 1. The zero-order chi connectivity index (χ0) is 9.56. The average Bonchev–Trinajstić information content (AvgIpc) is 2.86. The zero-order valence-electron chi connectivity index (χ0n) is 9.43. The molecule has 0 radical (unpaired) electrons. The van der Waals surface area contributed by atoms with Crippen LogP contribution in [-0.4, -0.2) is 24.5 Å². The summed E-state index contributed by atoms with van der Waals surface area (Å²) in [6, 6.07) is 0.943. The molecule has 12 heavy (non-hydrogen) atoms. The molecule has 1 nitrogen and oxygen atoms in total. The third-order valence-electron chi connectivity index (χ3n) is 2.23. The summed E-state index contributed by atoms with van der Waals surface area (Å²) in [6.07, 6.45) is 4.23. The van der Waals surface area contributed by atoms with Crippen molar-refractivity contribution in [1.82, 2.24) is 4.90 Å². The van der Waals surface area contributed by atoms with Crippen LogP contribution in [0, 0.1) is 5.92 Å². The Bertz CT molecular complexity index is 95.2. The van der Waals surface area contributed by atoms with E-state index in [2.05, 4.69) is 25.8 Å². The molecule has 0 bridgehead atoms. The van der Waals surface area contributed by atoms with Gasteiger partial charge in [0.05, 0.1) is 0 Å². The number of hydrogen-bond acceptors (Lipinski definition) is 1. The van der Waals surface area contributed by atoms with Crippen LogP contribution >= 0.6 is 0 Å². The Labute approximate surface area is 78.1 Å². The minimum Gasteiger partial charge on any atom is -0.303 e. The first kappa shape index (κ1) is 12.0. The Morgan fingerprint density at radius 2 is 1.75 bits per heavy atom. The molecule has 0 atom stereocenters. The summed E-state index contributed by atoms with van der Waals surface area (Å²) >= 11 is 0. The predicted molar refractivity (Wildman–Crippen MR) is 56.5 cm³/mol. The summed E-state index contributed by atoms with van der Waals surface area (Å²) < 4.78 is 0. The van der Waals surface area contributed by atoms with Crippen LogP contribution in [0.15, 0.2) is 0 Å². The van der Waals surface area contributed by atoms with Gasteiger partial charge in [0.2, 0.25) is 0 Å². The molecule has 1 heteroatoms. The first-order valence-electron chi connectivity index (χ1n) is 5.40. The third kappa shape index (κ3) is 5.59. The van der Waals surface area contributed by atoms with E-state index in [4.69, 9.17) is 0 Å². The van der Waals surface area contributed by atoms with Crippen molar-refractivity contribution in [2.45, 2.75) is 53.0 Å². The van der Waals surface area contributed by atoms with Crippen LogP contribution in [-0.2, 0) is 0 Å². The molecule has 0 aromatic carbocycles. The summed E-state index contributed by atoms with van der Waals surface area (Å²) in [5.74, 6) is 0.862. The highest BCUT2D eigenvalue weighted by molar-refractivity contribution is 4.82. The van der Waals surface area contributed by atoms with Crippen molar-refractivity contribution in [1.29, 1.82) is 0 Å². The van der Waals surface area contributed by atoms with Gasteiger partial charge in [-0.05, 0) is 38.8 Å². The standard InChI is InChI=1S/C9H19N.C2H6/c1-8(2)6-7-10(3)9-4-5-9;1-2/h8-9H,4-7H2,1-3H3;1-2H3. The summed E-state index contributed by atoms with van der Waals surface area (Å²) in [5.41, 5.74) is 0. The quantitative estimate of drug-likeness (QED) is 0.628. The summed E-state index contributed by atoms with van der Waals surface area (Å²) in [5, 5.41) is 0. The van der Waals surface area contributed by atoms with E-state index in [0.29, 0.717) is 0 Å². The molecule has 0 amide bonds. The number of hydrogen-bond donors (Lipinski definition) is 0. The first-order chi connectivity index (χ1) is 5.70. The first-order valence-corrected chi connectivity index (χ1v) is 5.40. The second-order valence-electron chi connectivity index (χ2n) is 3.89. The minimum absolute atomic E-state index is 0.862. The lowest BCUT2D eigenvalue weighted by molar-refractivity contribution is 0.301. The maximum atomic E-state index is 2.50. The third-order valence-corrected chi connectivity index (χ3v) is 2.23. The Balaban J connectivity index is 0.000000561. The Morgan fingerprint density at radius 1 is 1.25 bits per heavy atom. The molecule has 1 aliphatic carbocycles. The van der Waals surface area contributed by atoms with Gasteiger partial charge in [0.15, 0.2) is 0 Å². The monoisotopic (exact) mass is 171 g/mol. The average molecular weight is 171 g/mol. The highest BCUT2D eigenvalue weighted by Crippen LogP contribution is 2.25. The van der Waals surface area contributed by atoms with Gasteiger partial charge in [0.1, 0.15) is 0 Å². The molecule has 1 rings (SSSR count). The van der Waals surface area contributed by atoms with Crippen molar-refractivity contribution in [3.8, 4) is 0 Å². The van der Waals surface area contributed by atoms with Crippen LogP contribution in [0.4, 0.5) is 0 Å². The molecule has 1 fully saturated rings. The van der Waals surface area contributed by atoms with Crippen LogP contribution in [0.25, 0.3) is 0 Å².